The first kappa shape index (κ1) is 22.2. The topological polar surface area (TPSA) is 108 Å². The third-order valence-corrected chi connectivity index (χ3v) is 6.04. The minimum absolute atomic E-state index is 0.366. The number of benzene rings is 2. The molecule has 8 nitrogen and oxygen atoms in total. The number of aromatic amines is 2. The molecule has 0 aliphatic rings. The standard InChI is InChI=1S/C24H16ClF3N8/c25-15-2-4-18-16(8-15)19(36-35-18)10-30-22-21-23(32-11-31-22)34-20(33-21)6-12-1-3-17-13(5-12)7-14(9-29-17)24(26,27)28/h1-5,7-9,11H,6,10H2,(H,35,36)(H2,30,31,32,33,34). The van der Waals surface area contributed by atoms with Gasteiger partial charge in [0.1, 0.15) is 17.7 Å². The molecule has 0 aliphatic heterocycles. The molecule has 2 aromatic carbocycles. The van der Waals surface area contributed by atoms with Gasteiger partial charge < -0.3 is 10.3 Å². The van der Waals surface area contributed by atoms with E-state index in [-0.39, 0.29) is 0 Å². The van der Waals surface area contributed by atoms with E-state index < -0.39 is 11.7 Å². The number of imidazole rings is 1. The number of hydrogen-bond acceptors (Lipinski definition) is 6. The predicted molar refractivity (Wildman–Crippen MR) is 130 cm³/mol. The van der Waals surface area contributed by atoms with Gasteiger partial charge in [-0.2, -0.15) is 18.3 Å². The van der Waals surface area contributed by atoms with Crippen LogP contribution in [0.2, 0.25) is 5.02 Å². The molecule has 6 rings (SSSR count). The van der Waals surface area contributed by atoms with Gasteiger partial charge >= 0.3 is 6.18 Å². The summed E-state index contributed by atoms with van der Waals surface area (Å²) in [6.45, 7) is 0.389. The Morgan fingerprint density at radius 1 is 1.00 bits per heavy atom. The highest BCUT2D eigenvalue weighted by Crippen LogP contribution is 2.31. The molecule has 180 valence electrons. The van der Waals surface area contributed by atoms with Crippen LogP contribution in [0.25, 0.3) is 33.0 Å². The number of H-pyrrole nitrogens is 2. The number of anilines is 1. The molecule has 0 spiro atoms. The molecular formula is C24H16ClF3N8. The minimum atomic E-state index is -4.45. The first-order chi connectivity index (χ1) is 17.3. The van der Waals surface area contributed by atoms with E-state index in [0.717, 1.165) is 34.4 Å². The summed E-state index contributed by atoms with van der Waals surface area (Å²) in [6.07, 6.45) is -1.83. The lowest BCUT2D eigenvalue weighted by Crippen LogP contribution is -2.05. The molecule has 12 heteroatoms. The van der Waals surface area contributed by atoms with Crippen LogP contribution < -0.4 is 5.32 Å². The van der Waals surface area contributed by atoms with E-state index in [4.69, 9.17) is 11.6 Å². The number of rotatable bonds is 5. The Hall–Kier alpha value is -4.25. The molecule has 0 saturated heterocycles. The van der Waals surface area contributed by atoms with Crippen LogP contribution in [0.15, 0.2) is 55.0 Å². The molecule has 0 bridgehead atoms. The Bertz CT molecular complexity index is 1740. The summed E-state index contributed by atoms with van der Waals surface area (Å²) < 4.78 is 39.2. The Morgan fingerprint density at radius 2 is 1.89 bits per heavy atom. The second-order valence-electron chi connectivity index (χ2n) is 8.24. The summed E-state index contributed by atoms with van der Waals surface area (Å²) in [5.41, 5.74) is 3.23. The van der Waals surface area contributed by atoms with Gasteiger partial charge in [0, 0.05) is 28.4 Å². The van der Waals surface area contributed by atoms with Crippen molar-refractivity contribution < 1.29 is 13.2 Å². The van der Waals surface area contributed by atoms with E-state index in [1.165, 1.54) is 6.33 Å². The first-order valence-corrected chi connectivity index (χ1v) is 11.2. The maximum atomic E-state index is 13.1. The zero-order valence-electron chi connectivity index (χ0n) is 18.4. The first-order valence-electron chi connectivity index (χ1n) is 10.9. The van der Waals surface area contributed by atoms with Crippen LogP contribution >= 0.6 is 11.6 Å². The highest BCUT2D eigenvalue weighted by Gasteiger charge is 2.31. The second kappa shape index (κ2) is 8.45. The fourth-order valence-electron chi connectivity index (χ4n) is 4.08. The molecule has 0 saturated carbocycles. The lowest BCUT2D eigenvalue weighted by molar-refractivity contribution is -0.137. The van der Waals surface area contributed by atoms with Crippen molar-refractivity contribution in [2.75, 3.05) is 5.32 Å². The van der Waals surface area contributed by atoms with Crippen molar-refractivity contribution in [1.82, 2.24) is 35.1 Å². The molecule has 3 N–H and O–H groups in total. The van der Waals surface area contributed by atoms with Gasteiger partial charge in [0.2, 0.25) is 0 Å². The van der Waals surface area contributed by atoms with Crippen molar-refractivity contribution in [3.63, 3.8) is 0 Å². The van der Waals surface area contributed by atoms with Crippen LogP contribution in [0.1, 0.15) is 22.6 Å². The van der Waals surface area contributed by atoms with E-state index in [2.05, 4.69) is 40.4 Å². The molecule has 4 aromatic heterocycles. The van der Waals surface area contributed by atoms with Crippen LogP contribution in [0.4, 0.5) is 19.0 Å². The number of aromatic nitrogens is 7. The van der Waals surface area contributed by atoms with Crippen LogP contribution in [-0.4, -0.2) is 35.1 Å². The Kier molecular flexibility index (Phi) is 5.22. The average molecular weight is 509 g/mol. The maximum absolute atomic E-state index is 13.1. The van der Waals surface area contributed by atoms with Crippen molar-refractivity contribution in [1.29, 1.82) is 0 Å². The minimum Gasteiger partial charge on any atom is -0.362 e. The predicted octanol–water partition coefficient (Wildman–Crippen LogP) is 5.65. The molecule has 4 heterocycles. The monoisotopic (exact) mass is 508 g/mol. The molecule has 0 aliphatic carbocycles. The van der Waals surface area contributed by atoms with Crippen molar-refractivity contribution in [3.8, 4) is 0 Å². The molecule has 36 heavy (non-hydrogen) atoms. The van der Waals surface area contributed by atoms with Gasteiger partial charge in [-0.3, -0.25) is 10.1 Å². The molecule has 0 fully saturated rings. The molecule has 0 radical (unpaired) electrons. The van der Waals surface area contributed by atoms with Gasteiger partial charge in [-0.05, 0) is 42.0 Å². The Labute approximate surface area is 206 Å². The lowest BCUT2D eigenvalue weighted by Gasteiger charge is -2.08. The summed E-state index contributed by atoms with van der Waals surface area (Å²) in [4.78, 5) is 20.2. The lowest BCUT2D eigenvalue weighted by atomic mass is 10.1. The SMILES string of the molecule is FC(F)(F)c1cnc2ccc(Cc3nc4ncnc(NCc5n[nH]c6ccc(Cl)cc56)c4[nH]3)cc2c1. The highest BCUT2D eigenvalue weighted by molar-refractivity contribution is 6.31. The summed E-state index contributed by atoms with van der Waals surface area (Å²) in [7, 11) is 0. The molecule has 6 aromatic rings. The number of nitrogens with one attached hydrogen (secondary N) is 3. The fourth-order valence-corrected chi connectivity index (χ4v) is 4.25. The summed E-state index contributed by atoms with van der Waals surface area (Å²) >= 11 is 6.12. The molecule has 0 unspecified atom stereocenters. The summed E-state index contributed by atoms with van der Waals surface area (Å²) in [5.74, 6) is 1.15. The smallest absolute Gasteiger partial charge is 0.362 e. The number of halogens is 4. The van der Waals surface area contributed by atoms with Crippen molar-refractivity contribution in [2.45, 2.75) is 19.1 Å². The van der Waals surface area contributed by atoms with Crippen LogP contribution in [0.3, 0.4) is 0 Å². The maximum Gasteiger partial charge on any atom is 0.417 e. The van der Waals surface area contributed by atoms with Crippen molar-refractivity contribution >= 4 is 50.4 Å². The van der Waals surface area contributed by atoms with Gasteiger partial charge in [-0.1, -0.05) is 17.7 Å². The zero-order chi connectivity index (χ0) is 24.9. The Balaban J connectivity index is 1.26. The van der Waals surface area contributed by atoms with Crippen LogP contribution in [0.5, 0.6) is 0 Å². The fraction of sp³-hybridized carbons (Fsp3) is 0.125. The largest absolute Gasteiger partial charge is 0.417 e. The summed E-state index contributed by atoms with van der Waals surface area (Å²) in [5, 5.41) is 12.5. The normalized spacial score (nSPS) is 12.1. The van der Waals surface area contributed by atoms with Gasteiger partial charge in [-0.15, -0.1) is 0 Å². The number of hydrogen-bond donors (Lipinski definition) is 3. The van der Waals surface area contributed by atoms with E-state index in [1.807, 2.05) is 18.2 Å². The van der Waals surface area contributed by atoms with Gasteiger partial charge in [-0.25, -0.2) is 15.0 Å². The van der Waals surface area contributed by atoms with Gasteiger partial charge in [0.15, 0.2) is 11.5 Å². The average Bonchev–Trinajstić information content (AvgIpc) is 3.45. The third kappa shape index (κ3) is 4.17. The van der Waals surface area contributed by atoms with E-state index in [9.17, 15) is 13.2 Å². The van der Waals surface area contributed by atoms with E-state index in [0.29, 0.717) is 51.7 Å². The highest BCUT2D eigenvalue weighted by atomic mass is 35.5. The molecule has 0 amide bonds. The zero-order valence-corrected chi connectivity index (χ0v) is 19.1. The van der Waals surface area contributed by atoms with Gasteiger partial charge in [0.05, 0.1) is 28.8 Å². The van der Waals surface area contributed by atoms with Crippen LogP contribution in [0, 0.1) is 0 Å². The van der Waals surface area contributed by atoms with Gasteiger partial charge in [0.25, 0.3) is 0 Å². The summed E-state index contributed by atoms with van der Waals surface area (Å²) in [6, 6.07) is 11.8. The third-order valence-electron chi connectivity index (χ3n) is 5.81. The second-order valence-corrected chi connectivity index (χ2v) is 8.68. The van der Waals surface area contributed by atoms with E-state index in [1.54, 1.807) is 18.2 Å². The molecular weight excluding hydrogens is 493 g/mol. The van der Waals surface area contributed by atoms with Crippen molar-refractivity contribution in [3.05, 3.63) is 82.7 Å². The van der Waals surface area contributed by atoms with Crippen molar-refractivity contribution in [2.24, 2.45) is 0 Å². The number of pyridine rings is 1. The number of fused-ring (bicyclic) bond motifs is 3. The molecule has 0 atom stereocenters. The Morgan fingerprint density at radius 3 is 2.75 bits per heavy atom. The number of alkyl halides is 3. The number of nitrogens with zero attached hydrogens (tertiary/aromatic N) is 5. The van der Waals surface area contributed by atoms with Crippen LogP contribution in [-0.2, 0) is 19.1 Å². The van der Waals surface area contributed by atoms with E-state index >= 15 is 0 Å². The quantitative estimate of drug-likeness (QED) is 0.277.